The Morgan fingerprint density at radius 1 is 1.44 bits per heavy atom. The lowest BCUT2D eigenvalue weighted by molar-refractivity contribution is -0.113. The van der Waals surface area contributed by atoms with E-state index in [-0.39, 0.29) is 17.8 Å². The van der Waals surface area contributed by atoms with E-state index in [0.717, 1.165) is 36.5 Å². The van der Waals surface area contributed by atoms with Gasteiger partial charge in [0.1, 0.15) is 17.6 Å². The fourth-order valence-corrected chi connectivity index (χ4v) is 5.11. The van der Waals surface area contributed by atoms with E-state index >= 15 is 0 Å². The molecule has 0 aliphatic carbocycles. The zero-order valence-corrected chi connectivity index (χ0v) is 19.5. The molecule has 4 heterocycles. The van der Waals surface area contributed by atoms with Gasteiger partial charge in [-0.3, -0.25) is 4.79 Å². The summed E-state index contributed by atoms with van der Waals surface area (Å²) in [6.45, 7) is 5.77. The Morgan fingerprint density at radius 2 is 2.31 bits per heavy atom. The Kier molecular flexibility index (Phi) is 7.14. The van der Waals surface area contributed by atoms with Crippen molar-refractivity contribution in [3.63, 3.8) is 0 Å². The van der Waals surface area contributed by atoms with Crippen molar-refractivity contribution < 1.29 is 13.9 Å². The van der Waals surface area contributed by atoms with E-state index in [1.165, 1.54) is 23.1 Å². The first-order valence-corrected chi connectivity index (χ1v) is 12.1. The lowest BCUT2D eigenvalue weighted by Crippen LogP contribution is -2.22. The highest BCUT2D eigenvalue weighted by Crippen LogP contribution is 2.30. The quantitative estimate of drug-likeness (QED) is 0.450. The first kappa shape index (κ1) is 22.4. The van der Waals surface area contributed by atoms with Crippen LogP contribution in [0, 0.1) is 25.2 Å². The molecule has 2 N–H and O–H groups in total. The van der Waals surface area contributed by atoms with E-state index in [1.807, 2.05) is 30.5 Å². The van der Waals surface area contributed by atoms with E-state index in [0.29, 0.717) is 33.9 Å². The van der Waals surface area contributed by atoms with Gasteiger partial charge < -0.3 is 24.4 Å². The standard InChI is InChI=1S/C21H24N6O3S2/c1-13-14(2)27(11-16-6-4-8-30-16)19(17(13)9-22)24-18(28)12-31-21-26-25-20(32-21)23-10-15-5-3-7-29-15/h3,5,7,16H,4,6,8,10-12H2,1-2H3,(H,23,25)(H,24,28). The van der Waals surface area contributed by atoms with Crippen LogP contribution in [0.5, 0.6) is 0 Å². The molecule has 1 aliphatic heterocycles. The highest BCUT2D eigenvalue weighted by atomic mass is 32.2. The second-order valence-corrected chi connectivity index (χ2v) is 9.63. The number of hydrogen-bond donors (Lipinski definition) is 2. The van der Waals surface area contributed by atoms with Crippen molar-refractivity contribution in [3.05, 3.63) is 41.0 Å². The number of hydrogen-bond acceptors (Lipinski definition) is 9. The number of carbonyl (C=O) groups excluding carboxylic acids is 1. The van der Waals surface area contributed by atoms with Crippen LogP contribution in [0.15, 0.2) is 27.2 Å². The third kappa shape index (κ3) is 5.15. The highest BCUT2D eigenvalue weighted by Gasteiger charge is 2.24. The van der Waals surface area contributed by atoms with Crippen LogP contribution in [0.1, 0.15) is 35.4 Å². The van der Waals surface area contributed by atoms with Gasteiger partial charge in [-0.1, -0.05) is 23.1 Å². The minimum Gasteiger partial charge on any atom is -0.467 e. The summed E-state index contributed by atoms with van der Waals surface area (Å²) in [4.78, 5) is 12.7. The zero-order valence-electron chi connectivity index (χ0n) is 17.9. The molecule has 1 saturated heterocycles. The van der Waals surface area contributed by atoms with E-state index in [2.05, 4.69) is 26.9 Å². The average Bonchev–Trinajstić information content (AvgIpc) is 3.58. The van der Waals surface area contributed by atoms with E-state index < -0.39 is 0 Å². The molecule has 0 radical (unpaired) electrons. The van der Waals surface area contributed by atoms with Crippen LogP contribution in [0.4, 0.5) is 10.9 Å². The van der Waals surface area contributed by atoms with Crippen LogP contribution >= 0.6 is 23.1 Å². The molecule has 0 bridgehead atoms. The summed E-state index contributed by atoms with van der Waals surface area (Å²) in [5.41, 5.74) is 2.35. The SMILES string of the molecule is Cc1c(C#N)c(NC(=O)CSc2nnc(NCc3ccco3)s2)n(CC2CCCO2)c1C. The number of rotatable bonds is 9. The van der Waals surface area contributed by atoms with Gasteiger partial charge in [-0.15, -0.1) is 10.2 Å². The molecule has 1 unspecified atom stereocenters. The van der Waals surface area contributed by atoms with Gasteiger partial charge in [0.2, 0.25) is 11.0 Å². The fraction of sp³-hybridized carbons (Fsp3) is 0.429. The number of carbonyl (C=O) groups is 1. The molecule has 0 saturated carbocycles. The van der Waals surface area contributed by atoms with E-state index in [1.54, 1.807) is 6.26 Å². The van der Waals surface area contributed by atoms with Crippen LogP contribution in [0.2, 0.25) is 0 Å². The molecule has 1 fully saturated rings. The van der Waals surface area contributed by atoms with Gasteiger partial charge in [-0.25, -0.2) is 0 Å². The molecule has 1 amide bonds. The van der Waals surface area contributed by atoms with E-state index in [4.69, 9.17) is 9.15 Å². The van der Waals surface area contributed by atoms with Crippen LogP contribution in [0.3, 0.4) is 0 Å². The van der Waals surface area contributed by atoms with E-state index in [9.17, 15) is 10.1 Å². The van der Waals surface area contributed by atoms with Gasteiger partial charge in [0.25, 0.3) is 0 Å². The molecule has 4 rings (SSSR count). The van der Waals surface area contributed by atoms with Crippen molar-refractivity contribution in [2.45, 2.75) is 50.2 Å². The fourth-order valence-electron chi connectivity index (χ4n) is 3.56. The van der Waals surface area contributed by atoms with Crippen molar-refractivity contribution >= 4 is 40.0 Å². The Hall–Kier alpha value is -2.81. The molecule has 9 nitrogen and oxygen atoms in total. The number of nitriles is 1. The van der Waals surface area contributed by atoms with Gasteiger partial charge in [0, 0.05) is 12.3 Å². The second-order valence-electron chi connectivity index (χ2n) is 7.43. The van der Waals surface area contributed by atoms with Gasteiger partial charge in [0.15, 0.2) is 4.34 Å². The lowest BCUT2D eigenvalue weighted by Gasteiger charge is -2.16. The Labute approximate surface area is 194 Å². The molecular formula is C21H24N6O3S2. The van der Waals surface area contributed by atoms with Gasteiger partial charge in [-0.2, -0.15) is 5.26 Å². The Balaban J connectivity index is 1.36. The van der Waals surface area contributed by atoms with Crippen molar-refractivity contribution in [1.29, 1.82) is 5.26 Å². The molecule has 11 heteroatoms. The summed E-state index contributed by atoms with van der Waals surface area (Å²) in [7, 11) is 0. The summed E-state index contributed by atoms with van der Waals surface area (Å²) >= 11 is 2.68. The normalized spacial score (nSPS) is 15.6. The number of aromatic nitrogens is 3. The maximum atomic E-state index is 12.7. The van der Waals surface area contributed by atoms with Crippen LogP contribution < -0.4 is 10.6 Å². The average molecular weight is 473 g/mol. The summed E-state index contributed by atoms with van der Waals surface area (Å²) < 4.78 is 13.7. The van der Waals surface area contributed by atoms with Crippen molar-refractivity contribution in [2.75, 3.05) is 23.0 Å². The first-order chi connectivity index (χ1) is 15.5. The summed E-state index contributed by atoms with van der Waals surface area (Å²) in [6, 6.07) is 5.94. The maximum absolute atomic E-state index is 12.7. The van der Waals surface area contributed by atoms with Gasteiger partial charge >= 0.3 is 0 Å². The predicted molar refractivity (Wildman–Crippen MR) is 123 cm³/mol. The Bertz CT molecular complexity index is 1110. The lowest BCUT2D eigenvalue weighted by atomic mass is 10.2. The number of ether oxygens (including phenoxy) is 1. The summed E-state index contributed by atoms with van der Waals surface area (Å²) in [5.74, 6) is 1.32. The molecule has 0 aromatic carbocycles. The molecular weight excluding hydrogens is 448 g/mol. The van der Waals surface area contributed by atoms with Crippen molar-refractivity contribution in [2.24, 2.45) is 0 Å². The largest absolute Gasteiger partial charge is 0.467 e. The summed E-state index contributed by atoms with van der Waals surface area (Å²) in [5, 5.41) is 24.6. The first-order valence-electron chi connectivity index (χ1n) is 10.3. The molecule has 168 valence electrons. The topological polar surface area (TPSA) is 118 Å². The minimum atomic E-state index is -0.196. The number of nitrogens with zero attached hydrogens (tertiary/aromatic N) is 4. The van der Waals surface area contributed by atoms with Gasteiger partial charge in [-0.05, 0) is 44.4 Å². The van der Waals surface area contributed by atoms with Crippen LogP contribution in [0.25, 0.3) is 0 Å². The van der Waals surface area contributed by atoms with Crippen LogP contribution in [-0.4, -0.2) is 39.1 Å². The summed E-state index contributed by atoms with van der Waals surface area (Å²) in [6.07, 6.45) is 3.74. The van der Waals surface area contributed by atoms with Crippen LogP contribution in [-0.2, 0) is 22.6 Å². The number of nitrogens with one attached hydrogen (secondary N) is 2. The van der Waals surface area contributed by atoms with Gasteiger partial charge in [0.05, 0.1) is 36.8 Å². The molecule has 1 aliphatic rings. The zero-order chi connectivity index (χ0) is 22.5. The Morgan fingerprint density at radius 3 is 3.03 bits per heavy atom. The third-order valence-electron chi connectivity index (χ3n) is 5.34. The van der Waals surface area contributed by atoms with Crippen molar-refractivity contribution in [3.8, 4) is 6.07 Å². The smallest absolute Gasteiger partial charge is 0.235 e. The number of furan rings is 1. The number of amides is 1. The molecule has 1 atom stereocenters. The molecule has 0 spiro atoms. The third-order valence-corrected chi connectivity index (χ3v) is 7.35. The monoisotopic (exact) mass is 472 g/mol. The minimum absolute atomic E-state index is 0.102. The van der Waals surface area contributed by atoms with Crippen molar-refractivity contribution in [1.82, 2.24) is 14.8 Å². The number of anilines is 2. The maximum Gasteiger partial charge on any atom is 0.235 e. The molecule has 32 heavy (non-hydrogen) atoms. The second kappa shape index (κ2) is 10.2. The number of thioether (sulfide) groups is 1. The molecule has 3 aromatic heterocycles. The predicted octanol–water partition coefficient (Wildman–Crippen LogP) is 3.94. The molecule has 3 aromatic rings. The highest BCUT2D eigenvalue weighted by molar-refractivity contribution is 8.01.